The van der Waals surface area contributed by atoms with Crippen molar-refractivity contribution in [3.8, 4) is 0 Å². The first-order chi connectivity index (χ1) is 7.49. The molecule has 0 spiro atoms. The normalized spacial score (nSPS) is 27.9. The minimum Gasteiger partial charge on any atom is -0.375 e. The van der Waals surface area contributed by atoms with Crippen LogP contribution in [0.15, 0.2) is 0 Å². The van der Waals surface area contributed by atoms with Gasteiger partial charge < -0.3 is 10.1 Å². The highest BCUT2D eigenvalue weighted by Gasteiger charge is 2.26. The lowest BCUT2D eigenvalue weighted by molar-refractivity contribution is 0.0358. The molecule has 0 aromatic carbocycles. The van der Waals surface area contributed by atoms with Crippen molar-refractivity contribution < 1.29 is 4.74 Å². The van der Waals surface area contributed by atoms with Gasteiger partial charge >= 0.3 is 0 Å². The van der Waals surface area contributed by atoms with Gasteiger partial charge in [0.2, 0.25) is 0 Å². The number of ether oxygens (including phenoxy) is 1. The van der Waals surface area contributed by atoms with Gasteiger partial charge in [0.15, 0.2) is 0 Å². The number of nitrogens with one attached hydrogen (secondary N) is 1. The summed E-state index contributed by atoms with van der Waals surface area (Å²) < 4.78 is 5.92. The molecule has 1 rings (SSSR count). The first kappa shape index (κ1) is 14.0. The first-order valence-corrected chi connectivity index (χ1v) is 6.87. The standard InChI is InChI=1S/C14H29NO/c1-10(2)13(9-15-11(3)4)8-14-7-6-12(5)16-14/h10-15H,6-9H2,1-5H3. The van der Waals surface area contributed by atoms with Crippen LogP contribution in [-0.4, -0.2) is 24.8 Å². The second kappa shape index (κ2) is 6.61. The average Bonchev–Trinajstić information content (AvgIpc) is 2.57. The predicted molar refractivity (Wildman–Crippen MR) is 69.7 cm³/mol. The summed E-state index contributed by atoms with van der Waals surface area (Å²) in [6, 6.07) is 0.588. The summed E-state index contributed by atoms with van der Waals surface area (Å²) >= 11 is 0. The van der Waals surface area contributed by atoms with E-state index in [4.69, 9.17) is 4.74 Å². The third kappa shape index (κ3) is 4.84. The molecule has 0 aromatic rings. The Bertz CT molecular complexity index is 191. The van der Waals surface area contributed by atoms with Crippen molar-refractivity contribution in [2.24, 2.45) is 11.8 Å². The Kier molecular flexibility index (Phi) is 5.77. The van der Waals surface area contributed by atoms with Gasteiger partial charge in [-0.2, -0.15) is 0 Å². The Morgan fingerprint density at radius 3 is 2.31 bits per heavy atom. The van der Waals surface area contributed by atoms with Crippen LogP contribution in [0.4, 0.5) is 0 Å². The van der Waals surface area contributed by atoms with Crippen molar-refractivity contribution in [1.82, 2.24) is 5.32 Å². The first-order valence-electron chi connectivity index (χ1n) is 6.87. The monoisotopic (exact) mass is 227 g/mol. The predicted octanol–water partition coefficient (Wildman–Crippen LogP) is 3.21. The minimum atomic E-state index is 0.482. The molecular formula is C14H29NO. The molecule has 96 valence electrons. The molecule has 0 bridgehead atoms. The van der Waals surface area contributed by atoms with E-state index in [9.17, 15) is 0 Å². The van der Waals surface area contributed by atoms with Gasteiger partial charge in [0.25, 0.3) is 0 Å². The molecule has 0 saturated carbocycles. The molecule has 3 atom stereocenters. The fourth-order valence-corrected chi connectivity index (χ4v) is 2.37. The Morgan fingerprint density at radius 2 is 1.88 bits per heavy atom. The van der Waals surface area contributed by atoms with Crippen LogP contribution in [0, 0.1) is 11.8 Å². The molecular weight excluding hydrogens is 198 g/mol. The lowest BCUT2D eigenvalue weighted by Crippen LogP contribution is -2.33. The highest BCUT2D eigenvalue weighted by Crippen LogP contribution is 2.27. The van der Waals surface area contributed by atoms with Crippen LogP contribution < -0.4 is 5.32 Å². The SMILES string of the molecule is CC(C)NCC(CC1CCC(C)O1)C(C)C. The van der Waals surface area contributed by atoms with Gasteiger partial charge in [0, 0.05) is 6.04 Å². The van der Waals surface area contributed by atoms with Crippen molar-refractivity contribution in [2.45, 2.75) is 72.1 Å². The van der Waals surface area contributed by atoms with E-state index in [1.165, 1.54) is 19.3 Å². The smallest absolute Gasteiger partial charge is 0.0583 e. The number of hydrogen-bond donors (Lipinski definition) is 1. The maximum absolute atomic E-state index is 5.92. The summed E-state index contributed by atoms with van der Waals surface area (Å²) in [7, 11) is 0. The van der Waals surface area contributed by atoms with Crippen LogP contribution in [0.1, 0.15) is 53.9 Å². The second-order valence-corrected chi connectivity index (χ2v) is 5.95. The summed E-state index contributed by atoms with van der Waals surface area (Å²) in [5.41, 5.74) is 0. The Hall–Kier alpha value is -0.0800. The summed E-state index contributed by atoms with van der Waals surface area (Å²) in [6.07, 6.45) is 4.72. The molecule has 1 saturated heterocycles. The largest absolute Gasteiger partial charge is 0.375 e. The van der Waals surface area contributed by atoms with Crippen molar-refractivity contribution >= 4 is 0 Å². The Balaban J connectivity index is 2.33. The van der Waals surface area contributed by atoms with E-state index in [0.717, 1.165) is 18.4 Å². The fourth-order valence-electron chi connectivity index (χ4n) is 2.37. The van der Waals surface area contributed by atoms with Crippen molar-refractivity contribution in [2.75, 3.05) is 6.54 Å². The van der Waals surface area contributed by atoms with Crippen LogP contribution in [0.2, 0.25) is 0 Å². The van der Waals surface area contributed by atoms with E-state index < -0.39 is 0 Å². The average molecular weight is 227 g/mol. The summed E-state index contributed by atoms with van der Waals surface area (Å²) in [5.74, 6) is 1.49. The zero-order valence-corrected chi connectivity index (χ0v) is 11.6. The van der Waals surface area contributed by atoms with Gasteiger partial charge in [0.05, 0.1) is 12.2 Å². The Morgan fingerprint density at radius 1 is 1.19 bits per heavy atom. The fraction of sp³-hybridized carbons (Fsp3) is 1.00. The van der Waals surface area contributed by atoms with Crippen LogP contribution in [-0.2, 0) is 4.74 Å². The van der Waals surface area contributed by atoms with Gasteiger partial charge in [-0.05, 0) is 44.6 Å². The van der Waals surface area contributed by atoms with Gasteiger partial charge in [0.1, 0.15) is 0 Å². The molecule has 1 N–H and O–H groups in total. The van der Waals surface area contributed by atoms with E-state index in [1.54, 1.807) is 0 Å². The van der Waals surface area contributed by atoms with Crippen molar-refractivity contribution in [3.63, 3.8) is 0 Å². The molecule has 0 aliphatic carbocycles. The molecule has 1 aliphatic rings. The molecule has 3 unspecified atom stereocenters. The molecule has 0 amide bonds. The number of hydrogen-bond acceptors (Lipinski definition) is 2. The highest BCUT2D eigenvalue weighted by molar-refractivity contribution is 4.77. The molecule has 2 heteroatoms. The molecule has 0 aromatic heterocycles. The van der Waals surface area contributed by atoms with Crippen molar-refractivity contribution in [3.05, 3.63) is 0 Å². The second-order valence-electron chi connectivity index (χ2n) is 5.95. The Labute approximate surface area is 101 Å². The minimum absolute atomic E-state index is 0.482. The van der Waals surface area contributed by atoms with Gasteiger partial charge in [-0.15, -0.1) is 0 Å². The summed E-state index contributed by atoms with van der Waals surface area (Å²) in [5, 5.41) is 3.56. The quantitative estimate of drug-likeness (QED) is 0.752. The van der Waals surface area contributed by atoms with Crippen LogP contribution in [0.3, 0.4) is 0 Å². The zero-order chi connectivity index (χ0) is 12.1. The van der Waals surface area contributed by atoms with E-state index in [-0.39, 0.29) is 0 Å². The third-order valence-electron chi connectivity index (χ3n) is 3.62. The van der Waals surface area contributed by atoms with Crippen molar-refractivity contribution in [1.29, 1.82) is 0 Å². The maximum atomic E-state index is 5.92. The molecule has 1 aliphatic heterocycles. The topological polar surface area (TPSA) is 21.3 Å². The third-order valence-corrected chi connectivity index (χ3v) is 3.62. The summed E-state index contributed by atoms with van der Waals surface area (Å²) in [6.45, 7) is 12.4. The van der Waals surface area contributed by atoms with E-state index in [0.29, 0.717) is 18.2 Å². The molecule has 1 fully saturated rings. The molecule has 16 heavy (non-hydrogen) atoms. The van der Waals surface area contributed by atoms with E-state index in [2.05, 4.69) is 39.9 Å². The van der Waals surface area contributed by atoms with E-state index >= 15 is 0 Å². The van der Waals surface area contributed by atoms with Gasteiger partial charge in [-0.25, -0.2) is 0 Å². The highest BCUT2D eigenvalue weighted by atomic mass is 16.5. The molecule has 2 nitrogen and oxygen atoms in total. The zero-order valence-electron chi connectivity index (χ0n) is 11.6. The number of rotatable bonds is 6. The maximum Gasteiger partial charge on any atom is 0.0583 e. The lowest BCUT2D eigenvalue weighted by Gasteiger charge is -2.25. The summed E-state index contributed by atoms with van der Waals surface area (Å²) in [4.78, 5) is 0. The molecule has 1 heterocycles. The lowest BCUT2D eigenvalue weighted by atomic mass is 9.89. The van der Waals surface area contributed by atoms with Crippen LogP contribution in [0.5, 0.6) is 0 Å². The van der Waals surface area contributed by atoms with E-state index in [1.807, 2.05) is 0 Å². The van der Waals surface area contributed by atoms with Crippen LogP contribution in [0.25, 0.3) is 0 Å². The van der Waals surface area contributed by atoms with Crippen LogP contribution >= 0.6 is 0 Å². The van der Waals surface area contributed by atoms with Gasteiger partial charge in [-0.1, -0.05) is 27.7 Å². The molecule has 0 radical (unpaired) electrons. The van der Waals surface area contributed by atoms with Gasteiger partial charge in [-0.3, -0.25) is 0 Å².